The Balaban J connectivity index is 1.58. The van der Waals surface area contributed by atoms with Gasteiger partial charge in [0.1, 0.15) is 18.2 Å². The first-order valence-electron chi connectivity index (χ1n) is 10.9. The molecule has 0 bridgehead atoms. The van der Waals surface area contributed by atoms with Gasteiger partial charge in [-0.25, -0.2) is 18.3 Å². The topological polar surface area (TPSA) is 85.8 Å². The van der Waals surface area contributed by atoms with Gasteiger partial charge in [-0.05, 0) is 61.1 Å². The van der Waals surface area contributed by atoms with Crippen molar-refractivity contribution in [3.8, 4) is 17.1 Å². The minimum absolute atomic E-state index is 0.0265. The van der Waals surface area contributed by atoms with E-state index in [0.717, 1.165) is 5.56 Å². The third kappa shape index (κ3) is 4.68. The number of aromatic amines is 1. The van der Waals surface area contributed by atoms with Gasteiger partial charge < -0.3 is 0 Å². The van der Waals surface area contributed by atoms with Gasteiger partial charge in [0.15, 0.2) is 16.4 Å². The van der Waals surface area contributed by atoms with Gasteiger partial charge >= 0.3 is 5.69 Å². The van der Waals surface area contributed by atoms with Gasteiger partial charge in [0.05, 0.1) is 6.21 Å². The molecule has 180 valence electrons. The highest BCUT2D eigenvalue weighted by molar-refractivity contribution is 7.71. The fraction of sp³-hybridized carbons (Fsp3) is 0.0800. The van der Waals surface area contributed by atoms with Crippen molar-refractivity contribution in [1.82, 2.24) is 29.2 Å². The Morgan fingerprint density at radius 1 is 0.972 bits per heavy atom. The Morgan fingerprint density at radius 2 is 1.61 bits per heavy atom. The Kier molecular flexibility index (Phi) is 6.21. The first-order chi connectivity index (χ1) is 17.4. The molecule has 1 N–H and O–H groups in total. The third-order valence-corrected chi connectivity index (χ3v) is 5.71. The number of benzene rings is 3. The summed E-state index contributed by atoms with van der Waals surface area (Å²) < 4.78 is 31.0. The molecule has 0 saturated heterocycles. The Bertz CT molecular complexity index is 1660. The van der Waals surface area contributed by atoms with E-state index in [4.69, 9.17) is 12.2 Å². The predicted octanol–water partition coefficient (Wildman–Crippen LogP) is 4.47. The summed E-state index contributed by atoms with van der Waals surface area (Å²) in [6.07, 6.45) is 1.46. The van der Waals surface area contributed by atoms with Crippen molar-refractivity contribution in [2.75, 3.05) is 0 Å². The maximum atomic E-state index is 13.4. The molecule has 5 aromatic rings. The van der Waals surface area contributed by atoms with Crippen LogP contribution in [0.1, 0.15) is 17.0 Å². The molecule has 2 heterocycles. The molecule has 0 aliphatic heterocycles. The van der Waals surface area contributed by atoms with Crippen LogP contribution < -0.4 is 5.69 Å². The van der Waals surface area contributed by atoms with E-state index < -0.39 is 5.69 Å². The van der Waals surface area contributed by atoms with Crippen LogP contribution in [-0.2, 0) is 6.54 Å². The number of H-pyrrole nitrogens is 1. The molecule has 36 heavy (non-hydrogen) atoms. The van der Waals surface area contributed by atoms with Crippen LogP contribution in [0.2, 0.25) is 0 Å². The number of halogens is 2. The van der Waals surface area contributed by atoms with Crippen molar-refractivity contribution < 1.29 is 8.78 Å². The predicted molar refractivity (Wildman–Crippen MR) is 134 cm³/mol. The van der Waals surface area contributed by atoms with Crippen LogP contribution >= 0.6 is 12.2 Å². The van der Waals surface area contributed by atoms with Crippen molar-refractivity contribution >= 4 is 18.4 Å². The van der Waals surface area contributed by atoms with E-state index >= 15 is 0 Å². The van der Waals surface area contributed by atoms with Gasteiger partial charge in [0, 0.05) is 11.3 Å². The molecule has 0 unspecified atom stereocenters. The van der Waals surface area contributed by atoms with Gasteiger partial charge in [0.25, 0.3) is 0 Å². The molecule has 0 fully saturated rings. The van der Waals surface area contributed by atoms with Gasteiger partial charge in [-0.15, -0.1) is 5.10 Å². The summed E-state index contributed by atoms with van der Waals surface area (Å²) in [7, 11) is 0. The molecule has 0 aliphatic carbocycles. The lowest BCUT2D eigenvalue weighted by Gasteiger charge is -2.06. The fourth-order valence-corrected chi connectivity index (χ4v) is 3.84. The monoisotopic (exact) mass is 503 g/mol. The number of rotatable bonds is 6. The van der Waals surface area contributed by atoms with Crippen LogP contribution in [0.3, 0.4) is 0 Å². The van der Waals surface area contributed by atoms with E-state index in [0.29, 0.717) is 28.5 Å². The van der Waals surface area contributed by atoms with E-state index in [9.17, 15) is 13.6 Å². The molecule has 2 aromatic heterocycles. The zero-order chi connectivity index (χ0) is 25.2. The molecule has 0 amide bonds. The van der Waals surface area contributed by atoms with E-state index in [2.05, 4.69) is 20.4 Å². The number of nitrogens with one attached hydrogen (secondary N) is 1. The smallest absolute Gasteiger partial charge is 0.271 e. The SMILES string of the molecule is Cc1ccc(-c2nn(Cc3n[nH]c(=S)n3-c3ccc(F)cc3)c(=O)n2/N=C/c2ccc(F)cc2)cc1. The van der Waals surface area contributed by atoms with E-state index in [1.807, 2.05) is 31.2 Å². The minimum Gasteiger partial charge on any atom is -0.271 e. The molecule has 0 atom stereocenters. The van der Waals surface area contributed by atoms with Gasteiger partial charge in [-0.1, -0.05) is 42.0 Å². The molecule has 3 aromatic carbocycles. The van der Waals surface area contributed by atoms with Crippen molar-refractivity contribution in [2.45, 2.75) is 13.5 Å². The molecule has 0 spiro atoms. The van der Waals surface area contributed by atoms with Crippen molar-refractivity contribution in [1.29, 1.82) is 0 Å². The summed E-state index contributed by atoms with van der Waals surface area (Å²) in [4.78, 5) is 13.4. The summed E-state index contributed by atoms with van der Waals surface area (Å²) >= 11 is 5.35. The number of aromatic nitrogens is 6. The number of nitrogens with zero attached hydrogens (tertiary/aromatic N) is 6. The average molecular weight is 504 g/mol. The lowest BCUT2D eigenvalue weighted by Crippen LogP contribution is -2.25. The summed E-state index contributed by atoms with van der Waals surface area (Å²) in [5.41, 5.74) is 2.43. The molecule has 11 heteroatoms. The van der Waals surface area contributed by atoms with Crippen LogP contribution in [0.15, 0.2) is 82.7 Å². The zero-order valence-electron chi connectivity index (χ0n) is 19.0. The van der Waals surface area contributed by atoms with E-state index in [1.165, 1.54) is 39.8 Å². The summed E-state index contributed by atoms with van der Waals surface area (Å²) in [5.74, 6) is -0.0313. The highest BCUT2D eigenvalue weighted by Gasteiger charge is 2.18. The first-order valence-corrected chi connectivity index (χ1v) is 11.3. The summed E-state index contributed by atoms with van der Waals surface area (Å²) in [5, 5.41) is 15.8. The van der Waals surface area contributed by atoms with E-state index in [-0.39, 0.29) is 23.0 Å². The van der Waals surface area contributed by atoms with Crippen LogP contribution in [0.4, 0.5) is 8.78 Å². The standard InChI is InChI=1S/C25H19F2N7OS/c1-16-2-6-18(7-3-16)23-31-32(25(35)34(23)28-14-17-4-8-19(26)9-5-17)15-22-29-30-24(36)33(22)21-12-10-20(27)11-13-21/h2-14H,15H2,1H3,(H,30,36)/b28-14+. The lowest BCUT2D eigenvalue weighted by atomic mass is 10.1. The maximum absolute atomic E-state index is 13.4. The van der Waals surface area contributed by atoms with Crippen LogP contribution in [0.5, 0.6) is 0 Å². The van der Waals surface area contributed by atoms with Gasteiger partial charge in [-0.2, -0.15) is 14.9 Å². The Labute approximate surface area is 208 Å². The minimum atomic E-state index is -0.511. The zero-order valence-corrected chi connectivity index (χ0v) is 19.8. The summed E-state index contributed by atoms with van der Waals surface area (Å²) in [6, 6.07) is 19.0. The highest BCUT2D eigenvalue weighted by atomic mass is 32.1. The quantitative estimate of drug-likeness (QED) is 0.274. The second kappa shape index (κ2) is 9.62. The van der Waals surface area contributed by atoms with Crippen molar-refractivity contribution in [3.63, 3.8) is 0 Å². The normalized spacial score (nSPS) is 11.4. The largest absolute Gasteiger partial charge is 0.367 e. The molecule has 5 rings (SSSR count). The fourth-order valence-electron chi connectivity index (χ4n) is 3.59. The van der Waals surface area contributed by atoms with Crippen LogP contribution in [-0.4, -0.2) is 35.4 Å². The van der Waals surface area contributed by atoms with Crippen molar-refractivity contribution in [3.05, 3.63) is 117 Å². The first kappa shape index (κ1) is 23.2. The Morgan fingerprint density at radius 3 is 2.28 bits per heavy atom. The van der Waals surface area contributed by atoms with Crippen molar-refractivity contribution in [2.24, 2.45) is 5.10 Å². The molecule has 0 radical (unpaired) electrons. The number of hydrogen-bond acceptors (Lipinski definition) is 5. The second-order valence-corrected chi connectivity index (χ2v) is 8.38. The molecule has 0 aliphatic rings. The van der Waals surface area contributed by atoms with Gasteiger partial charge in [0.2, 0.25) is 0 Å². The van der Waals surface area contributed by atoms with Crippen LogP contribution in [0.25, 0.3) is 17.1 Å². The highest BCUT2D eigenvalue weighted by Crippen LogP contribution is 2.18. The second-order valence-electron chi connectivity index (χ2n) is 7.99. The molecule has 0 saturated carbocycles. The Hall–Kier alpha value is -4.51. The lowest BCUT2D eigenvalue weighted by molar-refractivity contribution is 0.610. The summed E-state index contributed by atoms with van der Waals surface area (Å²) in [6.45, 7) is 1.93. The van der Waals surface area contributed by atoms with Gasteiger partial charge in [-0.3, -0.25) is 9.67 Å². The molecular formula is C25H19F2N7OS. The number of hydrogen-bond donors (Lipinski definition) is 1. The van der Waals surface area contributed by atoms with Crippen LogP contribution in [0, 0.1) is 23.3 Å². The average Bonchev–Trinajstić information content (AvgIpc) is 3.39. The maximum Gasteiger partial charge on any atom is 0.367 e. The number of aryl methyl sites for hydroxylation is 1. The molecule has 8 nitrogen and oxygen atoms in total. The van der Waals surface area contributed by atoms with E-state index in [1.54, 1.807) is 28.8 Å². The third-order valence-electron chi connectivity index (χ3n) is 5.44. The molecular weight excluding hydrogens is 484 g/mol.